The fourth-order valence-corrected chi connectivity index (χ4v) is 3.74. The minimum atomic E-state index is -0.600. The van der Waals surface area contributed by atoms with Gasteiger partial charge in [-0.2, -0.15) is 0 Å². The number of aromatic nitrogens is 1. The number of Topliss-reactive ketones (excluding diaryl/α,β-unsaturated/α-hetero) is 1. The van der Waals surface area contributed by atoms with Crippen molar-refractivity contribution < 1.29 is 15.0 Å². The second-order valence-corrected chi connectivity index (χ2v) is 9.79. The lowest BCUT2D eigenvalue weighted by atomic mass is 9.78. The lowest BCUT2D eigenvalue weighted by Crippen LogP contribution is -2.37. The van der Waals surface area contributed by atoms with Crippen LogP contribution in [-0.4, -0.2) is 33.2 Å². The molecule has 0 fully saturated rings. The Morgan fingerprint density at radius 2 is 1.93 bits per heavy atom. The first-order valence-electron chi connectivity index (χ1n) is 10.2. The van der Waals surface area contributed by atoms with Gasteiger partial charge in [0.25, 0.3) is 0 Å². The zero-order chi connectivity index (χ0) is 21.3. The Morgan fingerprint density at radius 1 is 1.25 bits per heavy atom. The maximum Gasteiger partial charge on any atom is 0.143 e. The summed E-state index contributed by atoms with van der Waals surface area (Å²) in [7, 11) is 0. The Balaban J connectivity index is 2.28. The SMILES string of the molecule is Cc1nc(/C=C/[C@@H](O)CC=CCCC[C@H](C)[C@H](O)[C@@H](C)C(=O)C(C)(C)C)cs1. The molecular weight excluding hydrogens is 370 g/mol. The summed E-state index contributed by atoms with van der Waals surface area (Å²) in [6, 6.07) is 0. The number of carbonyl (C=O) groups is 1. The first-order chi connectivity index (χ1) is 13.0. The third-order valence-electron chi connectivity index (χ3n) is 4.95. The van der Waals surface area contributed by atoms with Crippen LogP contribution in [0.1, 0.15) is 71.0 Å². The molecule has 1 heterocycles. The lowest BCUT2D eigenvalue weighted by Gasteiger charge is -2.29. The summed E-state index contributed by atoms with van der Waals surface area (Å²) in [6.45, 7) is 11.5. The van der Waals surface area contributed by atoms with Crippen LogP contribution in [0.15, 0.2) is 23.6 Å². The van der Waals surface area contributed by atoms with Gasteiger partial charge in [0.05, 0.1) is 22.9 Å². The number of unbranched alkanes of at least 4 members (excludes halogenated alkanes) is 1. The first-order valence-corrected chi connectivity index (χ1v) is 11.1. The standard InChI is InChI=1S/C23H37NO3S/c1-16(21(26)17(2)22(27)23(4,5)6)11-9-7-8-10-12-20(25)14-13-19-15-28-18(3)24-19/h8,10,13-17,20-21,25-26H,7,9,11-12H2,1-6H3/b10-8?,14-13+/t16-,17+,20-,21-/m0/s1. The molecule has 0 radical (unpaired) electrons. The number of hydrogen-bond donors (Lipinski definition) is 2. The van der Waals surface area contributed by atoms with Crippen molar-refractivity contribution in [2.75, 3.05) is 0 Å². The summed E-state index contributed by atoms with van der Waals surface area (Å²) in [4.78, 5) is 16.7. The summed E-state index contributed by atoms with van der Waals surface area (Å²) < 4.78 is 0. The lowest BCUT2D eigenvalue weighted by molar-refractivity contribution is -0.134. The number of thiazole rings is 1. The number of aliphatic hydroxyl groups excluding tert-OH is 2. The van der Waals surface area contributed by atoms with E-state index in [4.69, 9.17) is 0 Å². The van der Waals surface area contributed by atoms with E-state index in [1.165, 1.54) is 0 Å². The van der Waals surface area contributed by atoms with Gasteiger partial charge in [0, 0.05) is 16.7 Å². The third kappa shape index (κ3) is 8.80. The molecule has 5 heteroatoms. The summed E-state index contributed by atoms with van der Waals surface area (Å²) >= 11 is 1.60. The predicted octanol–water partition coefficient (Wildman–Crippen LogP) is 5.19. The van der Waals surface area contributed by atoms with Gasteiger partial charge < -0.3 is 10.2 Å². The number of rotatable bonds is 11. The molecule has 1 aromatic heterocycles. The number of aryl methyl sites for hydroxylation is 1. The van der Waals surface area contributed by atoms with Gasteiger partial charge in [-0.15, -0.1) is 11.3 Å². The monoisotopic (exact) mass is 407 g/mol. The summed E-state index contributed by atoms with van der Waals surface area (Å²) in [5.41, 5.74) is 0.466. The van der Waals surface area contributed by atoms with Gasteiger partial charge in [-0.05, 0) is 44.6 Å². The minimum absolute atomic E-state index is 0.0878. The van der Waals surface area contributed by atoms with Crippen molar-refractivity contribution in [2.45, 2.75) is 79.4 Å². The highest BCUT2D eigenvalue weighted by Gasteiger charge is 2.33. The van der Waals surface area contributed by atoms with Crippen LogP contribution >= 0.6 is 11.3 Å². The van der Waals surface area contributed by atoms with E-state index in [2.05, 4.69) is 11.1 Å². The Hall–Kier alpha value is -1.30. The molecule has 28 heavy (non-hydrogen) atoms. The van der Waals surface area contributed by atoms with Gasteiger partial charge in [0.1, 0.15) is 5.78 Å². The number of aliphatic hydroxyl groups is 2. The maximum atomic E-state index is 12.3. The molecule has 0 aromatic carbocycles. The molecule has 0 saturated heterocycles. The van der Waals surface area contributed by atoms with E-state index >= 15 is 0 Å². The van der Waals surface area contributed by atoms with Crippen LogP contribution in [0.3, 0.4) is 0 Å². The fourth-order valence-electron chi connectivity index (χ4n) is 3.16. The van der Waals surface area contributed by atoms with E-state index in [9.17, 15) is 15.0 Å². The summed E-state index contributed by atoms with van der Waals surface area (Å²) in [5.74, 6) is -0.139. The highest BCUT2D eigenvalue weighted by atomic mass is 32.1. The van der Waals surface area contributed by atoms with Crippen LogP contribution in [0, 0.1) is 24.2 Å². The van der Waals surface area contributed by atoms with E-state index in [1.807, 2.05) is 59.1 Å². The first kappa shape index (κ1) is 24.7. The molecule has 1 aromatic rings. The van der Waals surface area contributed by atoms with E-state index in [0.29, 0.717) is 6.42 Å². The summed E-state index contributed by atoms with van der Waals surface area (Å²) in [5, 5.41) is 23.4. The molecule has 158 valence electrons. The van der Waals surface area contributed by atoms with Crippen molar-refractivity contribution in [3.8, 4) is 0 Å². The molecule has 0 saturated carbocycles. The Labute approximate surface area is 174 Å². The van der Waals surface area contributed by atoms with Crippen LogP contribution in [0.5, 0.6) is 0 Å². The van der Waals surface area contributed by atoms with E-state index < -0.39 is 17.6 Å². The van der Waals surface area contributed by atoms with Gasteiger partial charge >= 0.3 is 0 Å². The second-order valence-electron chi connectivity index (χ2n) is 8.73. The molecule has 4 nitrogen and oxygen atoms in total. The molecule has 0 spiro atoms. The third-order valence-corrected chi connectivity index (χ3v) is 5.74. The quantitative estimate of drug-likeness (QED) is 0.391. The highest BCUT2D eigenvalue weighted by molar-refractivity contribution is 7.09. The van der Waals surface area contributed by atoms with Gasteiger partial charge in [0.2, 0.25) is 0 Å². The van der Waals surface area contributed by atoms with Crippen LogP contribution in [0.2, 0.25) is 0 Å². The summed E-state index contributed by atoms with van der Waals surface area (Å²) in [6.07, 6.45) is 9.89. The number of ketones is 1. The van der Waals surface area contributed by atoms with Gasteiger partial charge in [-0.1, -0.05) is 52.8 Å². The Morgan fingerprint density at radius 3 is 2.50 bits per heavy atom. The molecular formula is C23H37NO3S. The minimum Gasteiger partial charge on any atom is -0.392 e. The van der Waals surface area contributed by atoms with E-state index in [-0.39, 0.29) is 17.6 Å². The Bertz CT molecular complexity index is 657. The molecule has 4 atom stereocenters. The smallest absolute Gasteiger partial charge is 0.143 e. The van der Waals surface area contributed by atoms with Crippen molar-refractivity contribution in [2.24, 2.45) is 17.3 Å². The molecule has 0 aliphatic carbocycles. The van der Waals surface area contributed by atoms with Crippen molar-refractivity contribution in [3.05, 3.63) is 34.3 Å². The molecule has 0 aliphatic rings. The van der Waals surface area contributed by atoms with Crippen LogP contribution in [0.4, 0.5) is 0 Å². The molecule has 0 unspecified atom stereocenters. The molecule has 2 N–H and O–H groups in total. The van der Waals surface area contributed by atoms with Crippen LogP contribution < -0.4 is 0 Å². The van der Waals surface area contributed by atoms with Gasteiger partial charge in [0.15, 0.2) is 0 Å². The number of allylic oxidation sites excluding steroid dienone is 1. The van der Waals surface area contributed by atoms with Crippen molar-refractivity contribution in [1.29, 1.82) is 0 Å². The van der Waals surface area contributed by atoms with E-state index in [0.717, 1.165) is 30.0 Å². The van der Waals surface area contributed by atoms with E-state index in [1.54, 1.807) is 17.4 Å². The second kappa shape index (κ2) is 11.6. The Kier molecular flexibility index (Phi) is 10.3. The maximum absolute atomic E-state index is 12.3. The molecule has 0 bridgehead atoms. The van der Waals surface area contributed by atoms with Crippen LogP contribution in [-0.2, 0) is 4.79 Å². The highest BCUT2D eigenvalue weighted by Crippen LogP contribution is 2.26. The number of hydrogen-bond acceptors (Lipinski definition) is 5. The van der Waals surface area contributed by atoms with Crippen molar-refractivity contribution in [1.82, 2.24) is 4.98 Å². The van der Waals surface area contributed by atoms with Gasteiger partial charge in [-0.25, -0.2) is 4.98 Å². The predicted molar refractivity (Wildman–Crippen MR) is 118 cm³/mol. The zero-order valence-corrected chi connectivity index (χ0v) is 19.0. The van der Waals surface area contributed by atoms with Crippen LogP contribution in [0.25, 0.3) is 6.08 Å². The average Bonchev–Trinajstić information content (AvgIpc) is 3.05. The van der Waals surface area contributed by atoms with Crippen molar-refractivity contribution in [3.63, 3.8) is 0 Å². The van der Waals surface area contributed by atoms with Crippen molar-refractivity contribution >= 4 is 23.2 Å². The molecule has 0 amide bonds. The fraction of sp³-hybridized carbons (Fsp3) is 0.652. The average molecular weight is 408 g/mol. The normalized spacial score (nSPS) is 17.1. The molecule has 0 aliphatic heterocycles. The molecule has 1 rings (SSSR count). The number of nitrogens with zero attached hydrogens (tertiary/aromatic N) is 1. The number of carbonyl (C=O) groups excluding carboxylic acids is 1. The zero-order valence-electron chi connectivity index (χ0n) is 18.2. The largest absolute Gasteiger partial charge is 0.392 e. The topological polar surface area (TPSA) is 70.4 Å². The van der Waals surface area contributed by atoms with Gasteiger partial charge in [-0.3, -0.25) is 4.79 Å².